The Hall–Kier alpha value is -4.87. The molecule has 1 aliphatic carbocycles. The van der Waals surface area contributed by atoms with E-state index in [0.717, 1.165) is 71.0 Å². The molecule has 1 unspecified atom stereocenters. The third-order valence-electron chi connectivity index (χ3n) is 8.51. The third-order valence-corrected chi connectivity index (χ3v) is 8.51. The summed E-state index contributed by atoms with van der Waals surface area (Å²) in [5.41, 5.74) is 7.72. The highest BCUT2D eigenvalue weighted by atomic mass is 19.1. The molecule has 0 amide bonds. The van der Waals surface area contributed by atoms with Crippen LogP contribution in [0.4, 0.5) is 15.8 Å². The average molecular weight is 606 g/mol. The number of fused-ring (bicyclic) bond motifs is 2. The lowest BCUT2D eigenvalue weighted by Gasteiger charge is -2.20. The fourth-order valence-electron chi connectivity index (χ4n) is 6.14. The highest BCUT2D eigenvalue weighted by Crippen LogP contribution is 2.34. The second kappa shape index (κ2) is 12.3. The van der Waals surface area contributed by atoms with E-state index in [4.69, 9.17) is 4.98 Å². The van der Waals surface area contributed by atoms with Crippen LogP contribution in [0.1, 0.15) is 25.7 Å². The van der Waals surface area contributed by atoms with E-state index >= 15 is 0 Å². The maximum atomic E-state index is 14.7. The summed E-state index contributed by atoms with van der Waals surface area (Å²) in [5, 5.41) is 25.8. The second-order valence-corrected chi connectivity index (χ2v) is 12.1. The van der Waals surface area contributed by atoms with Crippen molar-refractivity contribution < 1.29 is 9.50 Å². The number of benzene rings is 2. The first kappa shape index (κ1) is 28.9. The Balaban J connectivity index is 1.20. The first-order valence-corrected chi connectivity index (χ1v) is 15.3. The third kappa shape index (κ3) is 6.09. The van der Waals surface area contributed by atoms with Gasteiger partial charge in [-0.1, -0.05) is 18.9 Å². The SMILES string of the molecule is CN(C)CCNc1cc(F)cc(-c2cncc3[nH]c(-c4n[nH]c5ccc(-c6cncc(NC(O)C7CCCC7)c6)cc45)nc23)c1. The zero-order valence-electron chi connectivity index (χ0n) is 25.3. The van der Waals surface area contributed by atoms with Gasteiger partial charge in [0.1, 0.15) is 17.7 Å². The number of H-pyrrole nitrogens is 2. The summed E-state index contributed by atoms with van der Waals surface area (Å²) >= 11 is 0. The molecule has 0 radical (unpaired) electrons. The van der Waals surface area contributed by atoms with Crippen molar-refractivity contribution in [3.05, 3.63) is 73.1 Å². The molecular formula is C34H36FN9O. The van der Waals surface area contributed by atoms with Gasteiger partial charge in [0.05, 0.1) is 34.6 Å². The number of anilines is 2. The number of aliphatic hydroxyl groups is 1. The molecule has 7 rings (SSSR count). The van der Waals surface area contributed by atoms with Gasteiger partial charge in [-0.3, -0.25) is 15.1 Å². The largest absolute Gasteiger partial charge is 0.384 e. The summed E-state index contributed by atoms with van der Waals surface area (Å²) in [7, 11) is 4.00. The van der Waals surface area contributed by atoms with E-state index in [9.17, 15) is 9.50 Å². The zero-order chi connectivity index (χ0) is 30.9. The molecule has 0 spiro atoms. The number of nitrogens with zero attached hydrogens (tertiary/aromatic N) is 5. The monoisotopic (exact) mass is 605 g/mol. The predicted molar refractivity (Wildman–Crippen MR) is 176 cm³/mol. The molecule has 1 atom stereocenters. The minimum Gasteiger partial charge on any atom is -0.384 e. The van der Waals surface area contributed by atoms with Gasteiger partial charge in [-0.25, -0.2) is 9.37 Å². The van der Waals surface area contributed by atoms with Crippen LogP contribution in [0.2, 0.25) is 0 Å². The van der Waals surface area contributed by atoms with Crippen molar-refractivity contribution in [2.24, 2.45) is 5.92 Å². The summed E-state index contributed by atoms with van der Waals surface area (Å²) in [6.07, 6.45) is 10.8. The molecule has 2 aromatic carbocycles. The van der Waals surface area contributed by atoms with E-state index < -0.39 is 6.23 Å². The van der Waals surface area contributed by atoms with Gasteiger partial charge in [0.25, 0.3) is 0 Å². The topological polar surface area (TPSA) is 131 Å². The van der Waals surface area contributed by atoms with Crippen molar-refractivity contribution in [3.63, 3.8) is 0 Å². The Bertz CT molecular complexity index is 1960. The van der Waals surface area contributed by atoms with Gasteiger partial charge in [-0.05, 0) is 74.5 Å². The van der Waals surface area contributed by atoms with Gasteiger partial charge >= 0.3 is 0 Å². The highest BCUT2D eigenvalue weighted by Gasteiger charge is 2.23. The lowest BCUT2D eigenvalue weighted by atomic mass is 10.0. The smallest absolute Gasteiger partial charge is 0.159 e. The van der Waals surface area contributed by atoms with Crippen LogP contribution in [0.25, 0.3) is 55.7 Å². The van der Waals surface area contributed by atoms with E-state index in [-0.39, 0.29) is 11.7 Å². The molecule has 10 nitrogen and oxygen atoms in total. The van der Waals surface area contributed by atoms with Crippen LogP contribution in [0.15, 0.2) is 67.3 Å². The van der Waals surface area contributed by atoms with Crippen LogP contribution in [-0.4, -0.2) is 73.6 Å². The predicted octanol–water partition coefficient (Wildman–Crippen LogP) is 6.26. The number of rotatable bonds is 10. The molecule has 230 valence electrons. The van der Waals surface area contributed by atoms with Gasteiger partial charge in [-0.2, -0.15) is 5.10 Å². The van der Waals surface area contributed by atoms with Crippen molar-refractivity contribution in [1.29, 1.82) is 0 Å². The molecule has 1 aliphatic rings. The summed E-state index contributed by atoms with van der Waals surface area (Å²) in [5.74, 6) is 0.516. The van der Waals surface area contributed by atoms with E-state index in [2.05, 4.69) is 46.7 Å². The van der Waals surface area contributed by atoms with Crippen LogP contribution >= 0.6 is 0 Å². The normalized spacial score (nSPS) is 14.5. The maximum Gasteiger partial charge on any atom is 0.159 e. The molecule has 5 N–H and O–H groups in total. The van der Waals surface area contributed by atoms with Crippen molar-refractivity contribution >= 4 is 33.3 Å². The van der Waals surface area contributed by atoms with E-state index in [0.29, 0.717) is 34.8 Å². The Labute approximate surface area is 260 Å². The number of hydrogen-bond donors (Lipinski definition) is 5. The molecule has 0 saturated heterocycles. The van der Waals surface area contributed by atoms with Crippen molar-refractivity contribution in [3.8, 4) is 33.8 Å². The quantitative estimate of drug-likeness (QED) is 0.116. The van der Waals surface area contributed by atoms with Crippen molar-refractivity contribution in [2.75, 3.05) is 37.8 Å². The minimum absolute atomic E-state index is 0.269. The number of pyridine rings is 2. The summed E-state index contributed by atoms with van der Waals surface area (Å²) < 4.78 is 14.7. The van der Waals surface area contributed by atoms with Gasteiger partial charge in [-0.15, -0.1) is 0 Å². The van der Waals surface area contributed by atoms with E-state index in [1.54, 1.807) is 18.6 Å². The molecule has 0 aliphatic heterocycles. The standard InChI is InChI=1S/C34H36FN9O/c1-44(2)10-9-38-25-12-22(11-24(35)15-25)28-18-37-19-30-31(28)41-33(40-30)32-27-14-21(7-8-29(27)42-43-32)23-13-26(17-36-16-23)39-34(45)20-5-3-4-6-20/h7-8,11-20,34,38-39,45H,3-6,9-10H2,1-2H3,(H,40,41)(H,42,43). The van der Waals surface area contributed by atoms with Crippen LogP contribution < -0.4 is 10.6 Å². The number of likely N-dealkylation sites (N-methyl/N-ethyl adjacent to an activating group) is 1. The number of imidazole rings is 1. The van der Waals surface area contributed by atoms with Gasteiger partial charge in [0.15, 0.2) is 5.82 Å². The zero-order valence-corrected chi connectivity index (χ0v) is 25.3. The molecule has 45 heavy (non-hydrogen) atoms. The Kier molecular flexibility index (Phi) is 7.86. The molecule has 4 aromatic heterocycles. The van der Waals surface area contributed by atoms with E-state index in [1.807, 2.05) is 44.6 Å². The Morgan fingerprint density at radius 3 is 2.60 bits per heavy atom. The van der Waals surface area contributed by atoms with Crippen molar-refractivity contribution in [2.45, 2.75) is 31.9 Å². The van der Waals surface area contributed by atoms with Gasteiger partial charge in [0, 0.05) is 53.6 Å². The summed E-state index contributed by atoms with van der Waals surface area (Å²) in [6.45, 7) is 1.52. The Morgan fingerprint density at radius 1 is 0.933 bits per heavy atom. The molecule has 0 bridgehead atoms. The van der Waals surface area contributed by atoms with E-state index in [1.165, 1.54) is 12.1 Å². The first-order chi connectivity index (χ1) is 21.9. The number of aliphatic hydroxyl groups excluding tert-OH is 1. The van der Waals surface area contributed by atoms with Crippen molar-refractivity contribution in [1.82, 2.24) is 35.0 Å². The van der Waals surface area contributed by atoms with Gasteiger partial charge < -0.3 is 25.6 Å². The second-order valence-electron chi connectivity index (χ2n) is 12.1. The molecule has 4 heterocycles. The van der Waals surface area contributed by atoms with Crippen LogP contribution in [-0.2, 0) is 0 Å². The molecule has 6 aromatic rings. The molecule has 1 saturated carbocycles. The lowest BCUT2D eigenvalue weighted by molar-refractivity contribution is 0.137. The first-order valence-electron chi connectivity index (χ1n) is 15.3. The van der Waals surface area contributed by atoms with Gasteiger partial charge in [0.2, 0.25) is 0 Å². The highest BCUT2D eigenvalue weighted by molar-refractivity contribution is 5.98. The number of nitrogens with one attached hydrogen (secondary N) is 4. The van der Waals surface area contributed by atoms with Crippen LogP contribution in [0.3, 0.4) is 0 Å². The molecule has 1 fully saturated rings. The Morgan fingerprint density at radius 2 is 1.76 bits per heavy atom. The average Bonchev–Trinajstić information content (AvgIpc) is 3.80. The van der Waals surface area contributed by atoms with Crippen LogP contribution in [0.5, 0.6) is 0 Å². The summed E-state index contributed by atoms with van der Waals surface area (Å²) in [4.78, 5) is 19.2. The number of hydrogen-bond acceptors (Lipinski definition) is 8. The minimum atomic E-state index is -0.585. The fraction of sp³-hybridized carbons (Fsp3) is 0.294. The molecular weight excluding hydrogens is 569 g/mol. The number of aromatic amines is 2. The fourth-order valence-corrected chi connectivity index (χ4v) is 6.14. The maximum absolute atomic E-state index is 14.7. The number of aromatic nitrogens is 6. The van der Waals surface area contributed by atoms with Crippen LogP contribution in [0, 0.1) is 11.7 Å². The number of halogens is 1. The summed E-state index contributed by atoms with van der Waals surface area (Å²) in [6, 6.07) is 13.0. The lowest BCUT2D eigenvalue weighted by Crippen LogP contribution is -2.26. The molecule has 11 heteroatoms.